The maximum absolute atomic E-state index is 13.4. The first-order valence-corrected chi connectivity index (χ1v) is 15.1. The number of hydrogen-bond donors (Lipinski definition) is 2. The maximum Gasteiger partial charge on any atom is 0.262 e. The second kappa shape index (κ2) is 15.5. The summed E-state index contributed by atoms with van der Waals surface area (Å²) in [7, 11) is 0. The van der Waals surface area contributed by atoms with Crippen molar-refractivity contribution in [2.75, 3.05) is 0 Å². The highest BCUT2D eigenvalue weighted by Crippen LogP contribution is 2.31. The molecule has 4 aromatic rings. The van der Waals surface area contributed by atoms with Crippen LogP contribution < -0.4 is 10.6 Å². The number of allylic oxidation sites excluding steroid dienone is 5. The lowest BCUT2D eigenvalue weighted by molar-refractivity contribution is -0.118. The van der Waals surface area contributed by atoms with Crippen LogP contribution in [-0.4, -0.2) is 11.8 Å². The summed E-state index contributed by atoms with van der Waals surface area (Å²) in [5.41, 5.74) is 6.06. The molecule has 0 heterocycles. The topological polar surface area (TPSA) is 106 Å². The summed E-state index contributed by atoms with van der Waals surface area (Å²) in [6.07, 6.45) is 7.84. The van der Waals surface area contributed by atoms with Crippen LogP contribution in [0.4, 0.5) is 0 Å². The first kappa shape index (κ1) is 31.2. The molecule has 1 aliphatic carbocycles. The average molecular weight is 601 g/mol. The molecule has 0 atom stereocenters. The molecule has 2 N–H and O–H groups in total. The number of nitriles is 2. The Morgan fingerprint density at radius 2 is 1.04 bits per heavy atom. The number of rotatable bonds is 10. The van der Waals surface area contributed by atoms with Crippen LogP contribution in [0.3, 0.4) is 0 Å². The number of amides is 2. The van der Waals surface area contributed by atoms with Crippen molar-refractivity contribution in [3.63, 3.8) is 0 Å². The Labute approximate surface area is 269 Å². The van der Waals surface area contributed by atoms with Gasteiger partial charge in [-0.3, -0.25) is 9.59 Å². The predicted molar refractivity (Wildman–Crippen MR) is 180 cm³/mol. The van der Waals surface area contributed by atoms with Gasteiger partial charge in [-0.1, -0.05) is 133 Å². The fourth-order valence-corrected chi connectivity index (χ4v) is 5.36. The van der Waals surface area contributed by atoms with E-state index < -0.39 is 11.8 Å². The summed E-state index contributed by atoms with van der Waals surface area (Å²) >= 11 is 0. The lowest BCUT2D eigenvalue weighted by Gasteiger charge is -2.15. The van der Waals surface area contributed by atoms with E-state index in [9.17, 15) is 20.1 Å². The molecule has 0 aromatic heterocycles. The van der Waals surface area contributed by atoms with E-state index in [1.165, 1.54) is 0 Å². The number of carbonyl (C=O) groups is 2. The zero-order valence-electron chi connectivity index (χ0n) is 25.2. The van der Waals surface area contributed by atoms with Crippen molar-refractivity contribution < 1.29 is 9.59 Å². The Kier molecular flexibility index (Phi) is 10.5. The minimum atomic E-state index is -0.479. The van der Waals surface area contributed by atoms with E-state index in [-0.39, 0.29) is 24.2 Å². The summed E-state index contributed by atoms with van der Waals surface area (Å²) in [5, 5.41) is 25.9. The second-order valence-corrected chi connectivity index (χ2v) is 10.6. The van der Waals surface area contributed by atoms with Gasteiger partial charge in [0.25, 0.3) is 11.8 Å². The molecule has 46 heavy (non-hydrogen) atoms. The molecule has 0 spiro atoms. The number of nitrogens with zero attached hydrogens (tertiary/aromatic N) is 2. The number of benzene rings is 4. The first-order chi connectivity index (χ1) is 22.6. The molecule has 0 bridgehead atoms. The van der Waals surface area contributed by atoms with Gasteiger partial charge >= 0.3 is 0 Å². The highest BCUT2D eigenvalue weighted by Gasteiger charge is 2.21. The van der Waals surface area contributed by atoms with Gasteiger partial charge in [0.1, 0.15) is 23.3 Å². The SMILES string of the molecule is N#CC(C(=O)NCc1cccc(CNC(=O)/C(C#N)=C(\C2=CCCC=C2)c2ccccc2)c1)=C(c1ccccc1)c1ccccc1. The van der Waals surface area contributed by atoms with E-state index in [0.29, 0.717) is 11.1 Å². The Balaban J connectivity index is 1.32. The standard InChI is InChI=1S/C40H32N4O2/c41-25-35(37(31-16-5-1-6-17-31)32-18-7-2-8-19-32)39(45)43-27-29-14-13-15-30(24-29)28-44-40(46)36(26-42)38(33-20-9-3-10-21-33)34-22-11-4-12-23-34/h1-3,5-11,13-24H,4,12,27-28H2,(H,43,45)(H,44,46)/b38-36-. The molecule has 6 heteroatoms. The van der Waals surface area contributed by atoms with Crippen LogP contribution in [-0.2, 0) is 22.7 Å². The fraction of sp³-hybridized carbons (Fsp3) is 0.100. The normalized spacial score (nSPS) is 12.4. The monoisotopic (exact) mass is 600 g/mol. The molecule has 0 aliphatic heterocycles. The molecular weight excluding hydrogens is 568 g/mol. The third kappa shape index (κ3) is 7.63. The Morgan fingerprint density at radius 3 is 1.48 bits per heavy atom. The molecule has 6 nitrogen and oxygen atoms in total. The lowest BCUT2D eigenvalue weighted by atomic mass is 9.90. The summed E-state index contributed by atoms with van der Waals surface area (Å²) in [5.74, 6) is -0.940. The Morgan fingerprint density at radius 1 is 0.587 bits per heavy atom. The van der Waals surface area contributed by atoms with Crippen molar-refractivity contribution in [3.8, 4) is 12.1 Å². The molecule has 0 unspecified atom stereocenters. The van der Waals surface area contributed by atoms with Gasteiger partial charge in [-0.05, 0) is 46.2 Å². The molecule has 224 valence electrons. The summed E-state index contributed by atoms with van der Waals surface area (Å²) in [6.45, 7) is 0.378. The minimum absolute atomic E-state index is 0.0220. The molecule has 0 saturated heterocycles. The van der Waals surface area contributed by atoms with Crippen LogP contribution in [0.5, 0.6) is 0 Å². The minimum Gasteiger partial charge on any atom is -0.347 e. The predicted octanol–water partition coefficient (Wildman–Crippen LogP) is 7.20. The maximum atomic E-state index is 13.4. The summed E-state index contributed by atoms with van der Waals surface area (Å²) in [6, 6.07) is 40.0. The lowest BCUT2D eigenvalue weighted by Crippen LogP contribution is -2.26. The van der Waals surface area contributed by atoms with Crippen molar-refractivity contribution in [2.24, 2.45) is 0 Å². The van der Waals surface area contributed by atoms with E-state index in [1.54, 1.807) is 0 Å². The van der Waals surface area contributed by atoms with E-state index >= 15 is 0 Å². The van der Waals surface area contributed by atoms with Gasteiger partial charge in [0.05, 0.1) is 0 Å². The fourth-order valence-electron chi connectivity index (χ4n) is 5.36. The smallest absolute Gasteiger partial charge is 0.262 e. The third-order valence-corrected chi connectivity index (χ3v) is 7.55. The van der Waals surface area contributed by atoms with E-state index in [2.05, 4.69) is 34.9 Å². The van der Waals surface area contributed by atoms with Gasteiger partial charge in [-0.25, -0.2) is 0 Å². The number of carbonyl (C=O) groups excluding carboxylic acids is 2. The van der Waals surface area contributed by atoms with Crippen LogP contribution in [0.1, 0.15) is 40.7 Å². The van der Waals surface area contributed by atoms with Gasteiger partial charge in [-0.2, -0.15) is 10.5 Å². The number of nitrogens with one attached hydrogen (secondary N) is 2. The van der Waals surface area contributed by atoms with E-state index in [0.717, 1.165) is 46.2 Å². The molecule has 0 radical (unpaired) electrons. The molecule has 5 rings (SSSR count). The molecule has 4 aromatic carbocycles. The van der Waals surface area contributed by atoms with Crippen molar-refractivity contribution in [1.29, 1.82) is 10.5 Å². The zero-order valence-corrected chi connectivity index (χ0v) is 25.2. The average Bonchev–Trinajstić information content (AvgIpc) is 3.12. The first-order valence-electron chi connectivity index (χ1n) is 15.1. The Bertz CT molecular complexity index is 1880. The Hall–Kier alpha value is -6.24. The van der Waals surface area contributed by atoms with Gasteiger partial charge in [-0.15, -0.1) is 0 Å². The molecule has 2 amide bonds. The highest BCUT2D eigenvalue weighted by molar-refractivity contribution is 6.09. The second-order valence-electron chi connectivity index (χ2n) is 10.6. The summed E-state index contributed by atoms with van der Waals surface area (Å²) in [4.78, 5) is 26.7. The molecule has 0 saturated carbocycles. The largest absolute Gasteiger partial charge is 0.347 e. The van der Waals surface area contributed by atoms with Crippen LogP contribution in [0.15, 0.2) is 150 Å². The van der Waals surface area contributed by atoms with Crippen molar-refractivity contribution >= 4 is 23.0 Å². The highest BCUT2D eigenvalue weighted by atomic mass is 16.2. The van der Waals surface area contributed by atoms with Crippen LogP contribution >= 0.6 is 0 Å². The van der Waals surface area contributed by atoms with Crippen LogP contribution in [0.2, 0.25) is 0 Å². The van der Waals surface area contributed by atoms with Crippen molar-refractivity contribution in [2.45, 2.75) is 25.9 Å². The molecular formula is C40H32N4O2. The van der Waals surface area contributed by atoms with Gasteiger partial charge in [0.15, 0.2) is 0 Å². The number of hydrogen-bond acceptors (Lipinski definition) is 4. The molecule has 1 aliphatic rings. The van der Waals surface area contributed by atoms with Crippen LogP contribution in [0, 0.1) is 22.7 Å². The quantitative estimate of drug-likeness (QED) is 0.148. The van der Waals surface area contributed by atoms with Crippen LogP contribution in [0.25, 0.3) is 11.1 Å². The van der Waals surface area contributed by atoms with Gasteiger partial charge in [0.2, 0.25) is 0 Å². The molecule has 0 fully saturated rings. The zero-order chi connectivity index (χ0) is 32.1. The van der Waals surface area contributed by atoms with Crippen molar-refractivity contribution in [3.05, 3.63) is 178 Å². The van der Waals surface area contributed by atoms with Gasteiger partial charge in [0, 0.05) is 24.2 Å². The summed E-state index contributed by atoms with van der Waals surface area (Å²) < 4.78 is 0. The van der Waals surface area contributed by atoms with Crippen molar-refractivity contribution in [1.82, 2.24) is 10.6 Å². The van der Waals surface area contributed by atoms with Gasteiger partial charge < -0.3 is 10.6 Å². The van der Waals surface area contributed by atoms with E-state index in [1.807, 2.05) is 121 Å². The van der Waals surface area contributed by atoms with E-state index in [4.69, 9.17) is 0 Å². The third-order valence-electron chi connectivity index (χ3n) is 7.55.